The monoisotopic (exact) mass is 531 g/mol. The lowest BCUT2D eigenvalue weighted by Gasteiger charge is -2.18. The molecule has 7 nitrogen and oxygen atoms in total. The van der Waals surface area contributed by atoms with Crippen molar-refractivity contribution in [3.8, 4) is 45.4 Å². The largest absolute Gasteiger partial charge is 0.507 e. The Morgan fingerprint density at radius 2 is 1.68 bits per heavy atom. The Morgan fingerprint density at radius 3 is 2.32 bits per heavy atom. The van der Waals surface area contributed by atoms with Crippen LogP contribution in [-0.2, 0) is 12.8 Å². The minimum absolute atomic E-state index is 0.00511. The molecule has 0 amide bonds. The molecular weight excluding hydrogens is 511 g/mol. The third kappa shape index (κ3) is 5.49. The van der Waals surface area contributed by atoms with E-state index in [4.69, 9.17) is 31.5 Å². The number of aromatic nitrogens is 2. The van der Waals surface area contributed by atoms with Gasteiger partial charge in [-0.05, 0) is 35.9 Å². The molecule has 0 saturated heterocycles. The smallest absolute Gasteiger partial charge is 0.434 e. The second kappa shape index (κ2) is 10.4. The highest BCUT2D eigenvalue weighted by atomic mass is 35.5. The van der Waals surface area contributed by atoms with Gasteiger partial charge in [0.05, 0.1) is 19.9 Å². The molecule has 37 heavy (non-hydrogen) atoms. The number of phenols is 1. The predicted octanol–water partition coefficient (Wildman–Crippen LogP) is 6.37. The number of halogens is 4. The fourth-order valence-electron chi connectivity index (χ4n) is 3.72. The first-order valence-electron chi connectivity index (χ1n) is 10.8. The number of nitrogens with zero attached hydrogens (tertiary/aromatic N) is 2. The summed E-state index contributed by atoms with van der Waals surface area (Å²) >= 11 is 6.15. The number of methoxy groups -OCH3 is 2. The van der Waals surface area contributed by atoms with Gasteiger partial charge >= 0.3 is 6.18 Å². The van der Waals surface area contributed by atoms with Crippen LogP contribution in [0.2, 0.25) is 5.02 Å². The predicted molar refractivity (Wildman–Crippen MR) is 133 cm³/mol. The van der Waals surface area contributed by atoms with Gasteiger partial charge < -0.3 is 25.1 Å². The van der Waals surface area contributed by atoms with Crippen LogP contribution >= 0.6 is 11.6 Å². The van der Waals surface area contributed by atoms with E-state index in [1.54, 1.807) is 24.3 Å². The quantitative estimate of drug-likeness (QED) is 0.286. The fraction of sp³-hybridized carbons (Fsp3) is 0.154. The van der Waals surface area contributed by atoms with Gasteiger partial charge in [0.2, 0.25) is 5.95 Å². The lowest BCUT2D eigenvalue weighted by atomic mass is 9.96. The van der Waals surface area contributed by atoms with E-state index < -0.39 is 17.8 Å². The molecule has 0 fully saturated rings. The Bertz CT molecular complexity index is 1450. The summed E-state index contributed by atoms with van der Waals surface area (Å²) in [7, 11) is 2.77. The van der Waals surface area contributed by atoms with E-state index in [0.717, 1.165) is 5.56 Å². The Kier molecular flexibility index (Phi) is 7.30. The van der Waals surface area contributed by atoms with Gasteiger partial charge in [0.15, 0.2) is 17.2 Å². The molecule has 0 radical (unpaired) electrons. The minimum Gasteiger partial charge on any atom is -0.507 e. The number of hydrogen-bond donors (Lipinski definition) is 2. The number of phenolic OH excluding ortho intramolecular Hbond substituents is 1. The van der Waals surface area contributed by atoms with E-state index in [2.05, 4.69) is 9.97 Å². The zero-order chi connectivity index (χ0) is 26.7. The molecule has 0 unspecified atom stereocenters. The van der Waals surface area contributed by atoms with E-state index in [0.29, 0.717) is 10.8 Å². The van der Waals surface area contributed by atoms with Crippen molar-refractivity contribution in [2.75, 3.05) is 20.0 Å². The molecule has 192 valence electrons. The Labute approximate surface area is 215 Å². The van der Waals surface area contributed by atoms with Crippen molar-refractivity contribution in [1.82, 2.24) is 9.97 Å². The molecule has 11 heteroatoms. The van der Waals surface area contributed by atoms with Gasteiger partial charge in [0.25, 0.3) is 0 Å². The molecule has 0 aliphatic rings. The Morgan fingerprint density at radius 1 is 0.946 bits per heavy atom. The van der Waals surface area contributed by atoms with E-state index in [-0.39, 0.29) is 46.2 Å². The van der Waals surface area contributed by atoms with Crippen molar-refractivity contribution in [2.24, 2.45) is 0 Å². The molecule has 4 aromatic rings. The molecule has 3 N–H and O–H groups in total. The van der Waals surface area contributed by atoms with Gasteiger partial charge in [0, 0.05) is 27.8 Å². The molecule has 4 rings (SSSR count). The number of anilines is 1. The maximum Gasteiger partial charge on any atom is 0.434 e. The average Bonchev–Trinajstić information content (AvgIpc) is 2.87. The first kappa shape index (κ1) is 25.9. The zero-order valence-corrected chi connectivity index (χ0v) is 20.4. The number of benzene rings is 3. The highest BCUT2D eigenvalue weighted by Gasteiger charge is 2.38. The SMILES string of the molecule is COc1ccc(-c2c(-c3ccc(OCc4ccccc4Cl)cc3O)nc(N)nc2C(F)(F)F)cc1OC. The molecule has 3 aromatic carbocycles. The minimum atomic E-state index is -4.87. The van der Waals surface area contributed by atoms with Gasteiger partial charge in [0.1, 0.15) is 18.1 Å². The number of aromatic hydroxyl groups is 1. The molecule has 0 aliphatic heterocycles. The number of nitrogens with two attached hydrogens (primary N) is 1. The summed E-state index contributed by atoms with van der Waals surface area (Å²) in [6.07, 6.45) is -4.87. The van der Waals surface area contributed by atoms with Gasteiger partial charge in [-0.25, -0.2) is 9.97 Å². The number of alkyl halides is 3. The normalized spacial score (nSPS) is 11.3. The number of hydrogen-bond acceptors (Lipinski definition) is 7. The topological polar surface area (TPSA) is 99.7 Å². The van der Waals surface area contributed by atoms with Crippen molar-refractivity contribution in [2.45, 2.75) is 12.8 Å². The lowest BCUT2D eigenvalue weighted by Crippen LogP contribution is -2.14. The fourth-order valence-corrected chi connectivity index (χ4v) is 3.91. The summed E-state index contributed by atoms with van der Waals surface area (Å²) in [6, 6.07) is 15.5. The maximum atomic E-state index is 14.1. The van der Waals surface area contributed by atoms with E-state index in [1.807, 2.05) is 0 Å². The molecule has 1 aromatic heterocycles. The van der Waals surface area contributed by atoms with Crippen LogP contribution in [0.15, 0.2) is 60.7 Å². The van der Waals surface area contributed by atoms with Crippen LogP contribution in [-0.4, -0.2) is 29.3 Å². The van der Waals surface area contributed by atoms with E-state index in [1.165, 1.54) is 50.6 Å². The summed E-state index contributed by atoms with van der Waals surface area (Å²) in [6.45, 7) is 0.119. The third-order valence-corrected chi connectivity index (χ3v) is 5.81. The van der Waals surface area contributed by atoms with Crippen molar-refractivity contribution >= 4 is 17.5 Å². The summed E-state index contributed by atoms with van der Waals surface area (Å²) in [5.41, 5.74) is 4.59. The van der Waals surface area contributed by atoms with Crippen molar-refractivity contribution in [3.05, 3.63) is 76.9 Å². The van der Waals surface area contributed by atoms with Crippen LogP contribution in [0.1, 0.15) is 11.3 Å². The second-order valence-corrected chi connectivity index (χ2v) is 8.19. The Hall–Kier alpha value is -4.18. The first-order chi connectivity index (χ1) is 17.6. The number of rotatable bonds is 7. The second-order valence-electron chi connectivity index (χ2n) is 7.78. The molecule has 0 aliphatic carbocycles. The summed E-state index contributed by atoms with van der Waals surface area (Å²) in [4.78, 5) is 7.54. The Balaban J connectivity index is 1.82. The van der Waals surface area contributed by atoms with E-state index >= 15 is 0 Å². The van der Waals surface area contributed by atoms with Gasteiger partial charge in [-0.15, -0.1) is 0 Å². The van der Waals surface area contributed by atoms with Gasteiger partial charge in [-0.3, -0.25) is 0 Å². The molecule has 0 atom stereocenters. The van der Waals surface area contributed by atoms with Crippen molar-refractivity contribution in [3.63, 3.8) is 0 Å². The van der Waals surface area contributed by atoms with Crippen LogP contribution in [0.4, 0.5) is 19.1 Å². The van der Waals surface area contributed by atoms with E-state index in [9.17, 15) is 18.3 Å². The molecule has 0 saturated carbocycles. The van der Waals surface area contributed by atoms with Crippen LogP contribution in [0.25, 0.3) is 22.4 Å². The summed E-state index contributed by atoms with van der Waals surface area (Å²) < 4.78 is 58.5. The molecular formula is C26H21ClF3N3O4. The van der Waals surface area contributed by atoms with Gasteiger partial charge in [-0.1, -0.05) is 35.9 Å². The third-order valence-electron chi connectivity index (χ3n) is 5.44. The first-order valence-corrected chi connectivity index (χ1v) is 11.2. The average molecular weight is 532 g/mol. The van der Waals surface area contributed by atoms with Crippen LogP contribution < -0.4 is 19.9 Å². The van der Waals surface area contributed by atoms with Crippen molar-refractivity contribution in [1.29, 1.82) is 0 Å². The maximum absolute atomic E-state index is 14.1. The molecule has 0 bridgehead atoms. The zero-order valence-electron chi connectivity index (χ0n) is 19.6. The highest BCUT2D eigenvalue weighted by Crippen LogP contribution is 2.45. The lowest BCUT2D eigenvalue weighted by molar-refractivity contribution is -0.140. The van der Waals surface area contributed by atoms with Crippen LogP contribution in [0.3, 0.4) is 0 Å². The van der Waals surface area contributed by atoms with Crippen LogP contribution in [0, 0.1) is 0 Å². The van der Waals surface area contributed by atoms with Crippen molar-refractivity contribution < 1.29 is 32.5 Å². The number of ether oxygens (including phenoxy) is 3. The van der Waals surface area contributed by atoms with Gasteiger partial charge in [-0.2, -0.15) is 13.2 Å². The summed E-state index contributed by atoms with van der Waals surface area (Å²) in [5, 5.41) is 11.3. The summed E-state index contributed by atoms with van der Waals surface area (Å²) in [5.74, 6) is -0.189. The standard InChI is InChI=1S/C26H21ClF3N3O4/c1-35-20-10-7-14(11-21(20)36-2)22-23(32-25(31)33-24(22)26(28,29)30)17-9-8-16(12-19(17)34)37-13-15-5-3-4-6-18(15)27/h3-12,34H,13H2,1-2H3,(H2,31,32,33). The van der Waals surface area contributed by atoms with Crippen LogP contribution in [0.5, 0.6) is 23.0 Å². The number of nitrogen functional groups attached to an aromatic ring is 1. The molecule has 0 spiro atoms. The molecule has 1 heterocycles. The highest BCUT2D eigenvalue weighted by molar-refractivity contribution is 6.31.